The fraction of sp³-hybridized carbons (Fsp3) is 0.300. The van der Waals surface area contributed by atoms with Crippen LogP contribution in [0, 0.1) is 0 Å². The molecule has 0 aliphatic heterocycles. The first-order valence-corrected chi connectivity index (χ1v) is 9.84. The van der Waals surface area contributed by atoms with Crippen molar-refractivity contribution in [1.29, 1.82) is 0 Å². The number of halogens is 3. The van der Waals surface area contributed by atoms with Crippen molar-refractivity contribution in [2.45, 2.75) is 19.6 Å². The van der Waals surface area contributed by atoms with Crippen LogP contribution >= 0.6 is 39.1 Å². The lowest BCUT2D eigenvalue weighted by Gasteiger charge is -2.20. The van der Waals surface area contributed by atoms with E-state index in [-0.39, 0.29) is 0 Å². The summed E-state index contributed by atoms with van der Waals surface area (Å²) in [6.07, 6.45) is 0. The molecule has 0 amide bonds. The molecule has 0 unspecified atom stereocenters. The maximum Gasteiger partial charge on any atom is 0.169 e. The minimum atomic E-state index is -1.52. The maximum atomic E-state index is 6.05. The van der Waals surface area contributed by atoms with Crippen molar-refractivity contribution in [2.24, 2.45) is 0 Å². The summed E-state index contributed by atoms with van der Waals surface area (Å²) < 4.78 is 3.07. The number of benzene rings is 1. The van der Waals surface area contributed by atoms with Gasteiger partial charge in [0, 0.05) is 0 Å². The molecule has 6 heteroatoms. The van der Waals surface area contributed by atoms with E-state index in [1.54, 1.807) is 6.07 Å². The van der Waals surface area contributed by atoms with Gasteiger partial charge in [0.2, 0.25) is 0 Å². The minimum Gasteiger partial charge on any atom is -0.347 e. The molecule has 0 N–H and O–H groups in total. The van der Waals surface area contributed by atoms with Crippen molar-refractivity contribution in [3.63, 3.8) is 0 Å². The summed E-state index contributed by atoms with van der Waals surface area (Å²) in [5.74, 6) is 0. The standard InChI is InChI=1S/C10H11BrCl2N2Si/c1-16(2,3)15-9-5-7(13)6(12)4-8(9)14-10(15)11/h4-5H,1-3H3. The Morgan fingerprint density at radius 2 is 1.75 bits per heavy atom. The number of fused-ring (bicyclic) bond motifs is 1. The Bertz CT molecular complexity index is 560. The molecule has 0 aliphatic carbocycles. The molecule has 2 nitrogen and oxygen atoms in total. The minimum absolute atomic E-state index is 0.543. The third-order valence-corrected chi connectivity index (χ3v) is 5.70. The maximum absolute atomic E-state index is 6.05. The van der Waals surface area contributed by atoms with Crippen molar-refractivity contribution < 1.29 is 0 Å². The Kier molecular flexibility index (Phi) is 3.12. The molecule has 1 aromatic heterocycles. The van der Waals surface area contributed by atoms with Crippen molar-refractivity contribution >= 4 is 58.4 Å². The second kappa shape index (κ2) is 4.01. The summed E-state index contributed by atoms with van der Waals surface area (Å²) in [5, 5.41) is 1.11. The van der Waals surface area contributed by atoms with Crippen LogP contribution in [0.25, 0.3) is 11.0 Å². The van der Waals surface area contributed by atoms with E-state index in [9.17, 15) is 0 Å². The second-order valence-corrected chi connectivity index (χ2v) is 11.0. The molecule has 0 radical (unpaired) electrons. The Labute approximate surface area is 114 Å². The van der Waals surface area contributed by atoms with Crippen LogP contribution in [0.5, 0.6) is 0 Å². The fourth-order valence-electron chi connectivity index (χ4n) is 1.68. The summed E-state index contributed by atoms with van der Waals surface area (Å²) in [7, 11) is -1.52. The third kappa shape index (κ3) is 2.04. The van der Waals surface area contributed by atoms with Crippen LogP contribution in [-0.4, -0.2) is 17.5 Å². The van der Waals surface area contributed by atoms with Crippen LogP contribution in [0.3, 0.4) is 0 Å². The molecule has 16 heavy (non-hydrogen) atoms. The van der Waals surface area contributed by atoms with E-state index >= 15 is 0 Å². The average Bonchev–Trinajstić information content (AvgIpc) is 2.40. The van der Waals surface area contributed by atoms with E-state index in [0.717, 1.165) is 15.8 Å². The molecule has 0 aliphatic rings. The summed E-state index contributed by atoms with van der Waals surface area (Å²) in [6.45, 7) is 6.75. The molecular weight excluding hydrogens is 327 g/mol. The lowest BCUT2D eigenvalue weighted by Crippen LogP contribution is -2.32. The lowest BCUT2D eigenvalue weighted by molar-refractivity contribution is 1.10. The highest BCUT2D eigenvalue weighted by Gasteiger charge is 2.23. The van der Waals surface area contributed by atoms with E-state index < -0.39 is 8.24 Å². The van der Waals surface area contributed by atoms with Gasteiger partial charge >= 0.3 is 0 Å². The highest BCUT2D eigenvalue weighted by Crippen LogP contribution is 2.31. The van der Waals surface area contributed by atoms with Crippen LogP contribution in [-0.2, 0) is 0 Å². The van der Waals surface area contributed by atoms with E-state index in [0.29, 0.717) is 10.0 Å². The largest absolute Gasteiger partial charge is 0.347 e. The van der Waals surface area contributed by atoms with Crippen LogP contribution in [0.2, 0.25) is 29.7 Å². The molecule has 0 saturated carbocycles. The van der Waals surface area contributed by atoms with E-state index in [2.05, 4.69) is 44.8 Å². The van der Waals surface area contributed by atoms with Crippen LogP contribution in [0.4, 0.5) is 0 Å². The van der Waals surface area contributed by atoms with Gasteiger partial charge in [-0.05, 0) is 28.1 Å². The van der Waals surface area contributed by atoms with Gasteiger partial charge in [-0.1, -0.05) is 42.8 Å². The SMILES string of the molecule is C[Si](C)(C)n1c(Br)nc2cc(Cl)c(Cl)cc21. The zero-order valence-corrected chi connectivity index (χ0v) is 13.3. The monoisotopic (exact) mass is 336 g/mol. The van der Waals surface area contributed by atoms with Gasteiger partial charge < -0.3 is 4.23 Å². The van der Waals surface area contributed by atoms with E-state index in [1.807, 2.05) is 6.07 Å². The predicted molar refractivity (Wildman–Crippen MR) is 76.2 cm³/mol. The predicted octanol–water partition coefficient (Wildman–Crippen LogP) is 4.79. The third-order valence-electron chi connectivity index (χ3n) is 2.33. The van der Waals surface area contributed by atoms with Crippen LogP contribution in [0.1, 0.15) is 0 Å². The molecule has 1 heterocycles. The number of hydrogen-bond acceptors (Lipinski definition) is 1. The van der Waals surface area contributed by atoms with Gasteiger partial charge in [-0.3, -0.25) is 0 Å². The molecule has 0 spiro atoms. The number of imidazole rings is 1. The number of hydrogen-bond donors (Lipinski definition) is 0. The number of rotatable bonds is 1. The quantitative estimate of drug-likeness (QED) is 0.684. The van der Waals surface area contributed by atoms with Crippen LogP contribution < -0.4 is 0 Å². The Hall–Kier alpha value is -0.0331. The normalized spacial score (nSPS) is 12.4. The molecule has 1 aromatic carbocycles. The van der Waals surface area contributed by atoms with Gasteiger partial charge in [-0.2, -0.15) is 0 Å². The van der Waals surface area contributed by atoms with Gasteiger partial charge in [-0.25, -0.2) is 4.98 Å². The highest BCUT2D eigenvalue weighted by molar-refractivity contribution is 9.10. The molecule has 0 bridgehead atoms. The summed E-state index contributed by atoms with van der Waals surface area (Å²) >= 11 is 15.5. The van der Waals surface area contributed by atoms with Gasteiger partial charge in [0.15, 0.2) is 13.0 Å². The first-order chi connectivity index (χ1) is 7.30. The summed E-state index contributed by atoms with van der Waals surface area (Å²) in [6, 6.07) is 3.69. The lowest BCUT2D eigenvalue weighted by atomic mass is 10.3. The van der Waals surface area contributed by atoms with Gasteiger partial charge in [-0.15, -0.1) is 0 Å². The van der Waals surface area contributed by atoms with Crippen LogP contribution in [0.15, 0.2) is 16.9 Å². The summed E-state index contributed by atoms with van der Waals surface area (Å²) in [5.41, 5.74) is 1.92. The topological polar surface area (TPSA) is 17.8 Å². The fourth-order valence-corrected chi connectivity index (χ4v) is 5.48. The molecular formula is C10H11BrCl2N2Si. The number of aromatic nitrogens is 2. The smallest absolute Gasteiger partial charge is 0.169 e. The van der Waals surface area contributed by atoms with Gasteiger partial charge in [0.25, 0.3) is 0 Å². The Morgan fingerprint density at radius 1 is 1.19 bits per heavy atom. The van der Waals surface area contributed by atoms with Gasteiger partial charge in [0.1, 0.15) is 0 Å². The Balaban J connectivity index is 2.84. The molecule has 86 valence electrons. The van der Waals surface area contributed by atoms with Crippen molar-refractivity contribution in [1.82, 2.24) is 9.22 Å². The zero-order chi connectivity index (χ0) is 12.1. The molecule has 2 aromatic rings. The first kappa shape index (κ1) is 12.4. The molecule has 2 rings (SSSR count). The molecule has 0 fully saturated rings. The average molecular weight is 338 g/mol. The van der Waals surface area contributed by atoms with Crippen molar-refractivity contribution in [3.8, 4) is 0 Å². The first-order valence-electron chi connectivity index (χ1n) is 4.84. The summed E-state index contributed by atoms with van der Waals surface area (Å²) in [4.78, 5) is 4.45. The second-order valence-electron chi connectivity index (χ2n) is 4.64. The Morgan fingerprint density at radius 3 is 2.31 bits per heavy atom. The van der Waals surface area contributed by atoms with Crippen molar-refractivity contribution in [2.75, 3.05) is 0 Å². The van der Waals surface area contributed by atoms with Crippen molar-refractivity contribution in [3.05, 3.63) is 26.9 Å². The zero-order valence-electron chi connectivity index (χ0n) is 9.18. The van der Waals surface area contributed by atoms with Gasteiger partial charge in [0.05, 0.1) is 21.1 Å². The van der Waals surface area contributed by atoms with E-state index in [4.69, 9.17) is 23.2 Å². The highest BCUT2D eigenvalue weighted by atomic mass is 79.9. The number of nitrogens with zero attached hydrogens (tertiary/aromatic N) is 2. The molecule has 0 saturated heterocycles. The van der Waals surface area contributed by atoms with E-state index in [1.165, 1.54) is 0 Å². The molecule has 0 atom stereocenters.